The third kappa shape index (κ3) is 3.85. The zero-order chi connectivity index (χ0) is 18.7. The molecule has 0 aliphatic heterocycles. The molecule has 0 unspecified atom stereocenters. The van der Waals surface area contributed by atoms with Crippen molar-refractivity contribution >= 4 is 23.2 Å². The molecule has 0 spiro atoms. The van der Waals surface area contributed by atoms with Gasteiger partial charge >= 0.3 is 12.1 Å². The largest absolute Gasteiger partial charge is 0.475 e. The number of amides is 1. The summed E-state index contributed by atoms with van der Waals surface area (Å²) in [6, 6.07) is 10.1. The molecule has 7 nitrogen and oxygen atoms in total. The molecule has 3 aromatic rings. The number of ether oxygens (including phenoxy) is 1. The number of benzene rings is 1. The second kappa shape index (κ2) is 7.16. The predicted octanol–water partition coefficient (Wildman–Crippen LogP) is 2.50. The van der Waals surface area contributed by atoms with Gasteiger partial charge in [0.15, 0.2) is 11.5 Å². The molecule has 136 valence electrons. The first-order valence-corrected chi connectivity index (χ1v) is 7.69. The fraction of sp³-hybridized carbons (Fsp3) is 0.200. The van der Waals surface area contributed by atoms with E-state index in [0.29, 0.717) is 22.1 Å². The highest BCUT2D eigenvalue weighted by atomic mass is 35.5. The fourth-order valence-electron chi connectivity index (χ4n) is 2.08. The lowest BCUT2D eigenvalue weighted by atomic mass is 10.2. The summed E-state index contributed by atoms with van der Waals surface area (Å²) in [5.41, 5.74) is 1.06. The summed E-state index contributed by atoms with van der Waals surface area (Å²) in [7, 11) is 0. The minimum Gasteiger partial charge on any atom is -0.475 e. The summed E-state index contributed by atoms with van der Waals surface area (Å²) >= 11 is 6.15. The van der Waals surface area contributed by atoms with Crippen LogP contribution in [0.1, 0.15) is 0 Å². The lowest BCUT2D eigenvalue weighted by molar-refractivity contribution is -0.173. The molecular formula is C15H11ClF3N5O2. The molecule has 3 rings (SSSR count). The van der Waals surface area contributed by atoms with Crippen LogP contribution in [0, 0.1) is 0 Å². The van der Waals surface area contributed by atoms with Crippen LogP contribution in [-0.2, 0) is 4.79 Å². The average molecular weight is 386 g/mol. The Morgan fingerprint density at radius 3 is 2.69 bits per heavy atom. The van der Waals surface area contributed by atoms with Crippen LogP contribution in [0.3, 0.4) is 0 Å². The third-order valence-electron chi connectivity index (χ3n) is 3.25. The third-order valence-corrected chi connectivity index (χ3v) is 3.58. The molecule has 1 aromatic carbocycles. The number of carbonyl (C=O) groups is 1. The first kappa shape index (κ1) is 17.9. The Hall–Kier alpha value is -2.88. The Morgan fingerprint density at radius 1 is 1.19 bits per heavy atom. The number of fused-ring (bicyclic) bond motifs is 1. The summed E-state index contributed by atoms with van der Waals surface area (Å²) in [4.78, 5) is 10.7. The van der Waals surface area contributed by atoms with Crippen LogP contribution >= 0.6 is 11.6 Å². The lowest BCUT2D eigenvalue weighted by Crippen LogP contribution is -2.38. The molecule has 0 bridgehead atoms. The Morgan fingerprint density at radius 2 is 1.96 bits per heavy atom. The number of nitrogens with one attached hydrogen (secondary N) is 1. The van der Waals surface area contributed by atoms with Crippen molar-refractivity contribution in [2.45, 2.75) is 6.18 Å². The van der Waals surface area contributed by atoms with Crippen LogP contribution in [0.25, 0.3) is 17.0 Å². The molecule has 2 aromatic heterocycles. The van der Waals surface area contributed by atoms with E-state index in [2.05, 4.69) is 15.3 Å². The quantitative estimate of drug-likeness (QED) is 0.682. The number of carbonyl (C=O) groups excluding carboxylic acids is 1. The van der Waals surface area contributed by atoms with Crippen molar-refractivity contribution in [2.24, 2.45) is 0 Å². The Kier molecular flexibility index (Phi) is 4.94. The maximum absolute atomic E-state index is 12.1. The number of nitrogens with zero attached hydrogens (tertiary/aromatic N) is 4. The molecule has 0 aliphatic carbocycles. The molecule has 1 amide bonds. The van der Waals surface area contributed by atoms with Crippen LogP contribution < -0.4 is 10.1 Å². The Labute approximate surface area is 149 Å². The van der Waals surface area contributed by atoms with Crippen molar-refractivity contribution in [1.29, 1.82) is 0 Å². The molecule has 0 aliphatic rings. The van der Waals surface area contributed by atoms with E-state index < -0.39 is 12.1 Å². The lowest BCUT2D eigenvalue weighted by Gasteiger charge is -2.09. The highest BCUT2D eigenvalue weighted by molar-refractivity contribution is 6.33. The van der Waals surface area contributed by atoms with Gasteiger partial charge in [-0.05, 0) is 18.2 Å². The summed E-state index contributed by atoms with van der Waals surface area (Å²) in [5.74, 6) is -1.50. The van der Waals surface area contributed by atoms with Crippen LogP contribution in [-0.4, -0.2) is 45.0 Å². The van der Waals surface area contributed by atoms with E-state index in [1.807, 2.05) is 0 Å². The van der Waals surface area contributed by atoms with Gasteiger partial charge in [0.05, 0.1) is 11.6 Å². The van der Waals surface area contributed by atoms with Crippen molar-refractivity contribution in [2.75, 3.05) is 13.2 Å². The molecule has 2 heterocycles. The van der Waals surface area contributed by atoms with Gasteiger partial charge in [-0.25, -0.2) is 0 Å². The number of aromatic nitrogens is 4. The predicted molar refractivity (Wildman–Crippen MR) is 85.8 cm³/mol. The Balaban J connectivity index is 1.72. The van der Waals surface area contributed by atoms with Crippen LogP contribution in [0.2, 0.25) is 5.02 Å². The molecule has 0 fully saturated rings. The topological polar surface area (TPSA) is 81.4 Å². The minimum atomic E-state index is -4.93. The van der Waals surface area contributed by atoms with Gasteiger partial charge in [0.1, 0.15) is 6.61 Å². The van der Waals surface area contributed by atoms with E-state index in [1.165, 1.54) is 10.6 Å². The molecule has 11 heteroatoms. The van der Waals surface area contributed by atoms with Crippen molar-refractivity contribution in [1.82, 2.24) is 25.1 Å². The molecular weight excluding hydrogens is 375 g/mol. The first-order valence-electron chi connectivity index (χ1n) is 7.31. The van der Waals surface area contributed by atoms with Gasteiger partial charge in [-0.3, -0.25) is 4.79 Å². The van der Waals surface area contributed by atoms with Gasteiger partial charge in [-0.1, -0.05) is 23.7 Å². The van der Waals surface area contributed by atoms with Gasteiger partial charge in [0.25, 0.3) is 0 Å². The standard InChI is InChI=1S/C15H11ClF3N5O2/c16-10-4-2-1-3-9(10)13-22-21-11-5-6-12(23-24(11)13)26-8-7-20-14(25)15(17,18)19/h1-6H,7-8H2,(H,20,25). The zero-order valence-corrected chi connectivity index (χ0v) is 13.8. The SMILES string of the molecule is O=C(NCCOc1ccc2nnc(-c3ccccc3Cl)n2n1)C(F)(F)F. The summed E-state index contributed by atoms with van der Waals surface area (Å²) in [6.07, 6.45) is -4.93. The van der Waals surface area contributed by atoms with E-state index in [-0.39, 0.29) is 19.0 Å². The fourth-order valence-corrected chi connectivity index (χ4v) is 2.30. The van der Waals surface area contributed by atoms with E-state index in [1.54, 1.807) is 35.6 Å². The van der Waals surface area contributed by atoms with E-state index >= 15 is 0 Å². The van der Waals surface area contributed by atoms with Crippen molar-refractivity contribution in [3.05, 3.63) is 41.4 Å². The zero-order valence-electron chi connectivity index (χ0n) is 13.0. The van der Waals surface area contributed by atoms with Crippen molar-refractivity contribution in [3.63, 3.8) is 0 Å². The monoisotopic (exact) mass is 385 g/mol. The molecule has 0 atom stereocenters. The number of hydrogen-bond donors (Lipinski definition) is 1. The molecule has 0 radical (unpaired) electrons. The Bertz CT molecular complexity index is 944. The van der Waals surface area contributed by atoms with Gasteiger partial charge < -0.3 is 10.1 Å². The molecule has 0 saturated carbocycles. The van der Waals surface area contributed by atoms with Crippen LogP contribution in [0.4, 0.5) is 13.2 Å². The first-order chi connectivity index (χ1) is 12.4. The second-order valence-electron chi connectivity index (χ2n) is 5.05. The van der Waals surface area contributed by atoms with Gasteiger partial charge in [0, 0.05) is 11.6 Å². The average Bonchev–Trinajstić information content (AvgIpc) is 3.01. The van der Waals surface area contributed by atoms with Crippen molar-refractivity contribution in [3.8, 4) is 17.3 Å². The van der Waals surface area contributed by atoms with Crippen molar-refractivity contribution < 1.29 is 22.7 Å². The maximum Gasteiger partial charge on any atom is 0.471 e. The van der Waals surface area contributed by atoms with E-state index in [0.717, 1.165) is 0 Å². The minimum absolute atomic E-state index is 0.131. The molecule has 0 saturated heterocycles. The van der Waals surface area contributed by atoms with E-state index in [9.17, 15) is 18.0 Å². The molecule has 1 N–H and O–H groups in total. The number of rotatable bonds is 5. The summed E-state index contributed by atoms with van der Waals surface area (Å²) < 4.78 is 42.9. The summed E-state index contributed by atoms with van der Waals surface area (Å²) in [5, 5.41) is 14.4. The molecule has 26 heavy (non-hydrogen) atoms. The number of hydrogen-bond acceptors (Lipinski definition) is 5. The highest BCUT2D eigenvalue weighted by Gasteiger charge is 2.38. The van der Waals surface area contributed by atoms with Crippen LogP contribution in [0.5, 0.6) is 5.88 Å². The maximum atomic E-state index is 12.1. The van der Waals surface area contributed by atoms with Gasteiger partial charge in [-0.15, -0.1) is 15.3 Å². The van der Waals surface area contributed by atoms with Gasteiger partial charge in [-0.2, -0.15) is 17.7 Å². The smallest absolute Gasteiger partial charge is 0.471 e. The van der Waals surface area contributed by atoms with E-state index in [4.69, 9.17) is 16.3 Å². The summed E-state index contributed by atoms with van der Waals surface area (Å²) in [6.45, 7) is -0.512. The van der Waals surface area contributed by atoms with Gasteiger partial charge in [0.2, 0.25) is 5.88 Å². The number of halogens is 4. The van der Waals surface area contributed by atoms with Crippen LogP contribution in [0.15, 0.2) is 36.4 Å². The second-order valence-corrected chi connectivity index (χ2v) is 5.45. The highest BCUT2D eigenvalue weighted by Crippen LogP contribution is 2.26. The normalized spacial score (nSPS) is 11.5. The number of alkyl halides is 3.